The van der Waals surface area contributed by atoms with E-state index in [1.54, 1.807) is 19.9 Å². The van der Waals surface area contributed by atoms with Crippen LogP contribution in [0.2, 0.25) is 0 Å². The number of carboxylic acid groups (broad SMARTS) is 1. The third kappa shape index (κ3) is 2.84. The highest BCUT2D eigenvalue weighted by Crippen LogP contribution is 2.17. The van der Waals surface area contributed by atoms with Crippen molar-refractivity contribution in [3.8, 4) is 5.69 Å². The van der Waals surface area contributed by atoms with Gasteiger partial charge in [-0.2, -0.15) is 4.98 Å². The Hall–Kier alpha value is -2.50. The van der Waals surface area contributed by atoms with Crippen LogP contribution < -0.4 is 5.69 Å². The van der Waals surface area contributed by atoms with E-state index >= 15 is 0 Å². The molecule has 6 nitrogen and oxygen atoms in total. The van der Waals surface area contributed by atoms with Gasteiger partial charge >= 0.3 is 11.7 Å². The second kappa shape index (κ2) is 5.47. The van der Waals surface area contributed by atoms with Crippen LogP contribution in [0.15, 0.2) is 16.9 Å². The van der Waals surface area contributed by atoms with Crippen molar-refractivity contribution in [2.75, 3.05) is 0 Å². The van der Waals surface area contributed by atoms with Gasteiger partial charge < -0.3 is 5.11 Å². The van der Waals surface area contributed by atoms with Crippen LogP contribution in [0.5, 0.6) is 0 Å². The summed E-state index contributed by atoms with van der Waals surface area (Å²) in [5, 5.41) is 9.01. The van der Waals surface area contributed by atoms with E-state index in [4.69, 9.17) is 5.11 Å². The monoisotopic (exact) mass is 287 g/mol. The molecule has 0 aliphatic heterocycles. The van der Waals surface area contributed by atoms with E-state index in [-0.39, 0.29) is 6.42 Å². The van der Waals surface area contributed by atoms with Gasteiger partial charge in [-0.1, -0.05) is 0 Å². The molecule has 1 N–H and O–H groups in total. The van der Waals surface area contributed by atoms with Gasteiger partial charge in [0.1, 0.15) is 0 Å². The third-order valence-corrected chi connectivity index (χ3v) is 3.43. The Kier molecular flexibility index (Phi) is 3.88. The summed E-state index contributed by atoms with van der Waals surface area (Å²) in [6.45, 7) is 7.06. The molecule has 0 aliphatic carbocycles. The molecule has 2 aromatic heterocycles. The van der Waals surface area contributed by atoms with Gasteiger partial charge in [-0.3, -0.25) is 14.3 Å². The van der Waals surface area contributed by atoms with Crippen LogP contribution in [0, 0.1) is 27.7 Å². The zero-order valence-corrected chi connectivity index (χ0v) is 12.5. The molecule has 0 unspecified atom stereocenters. The number of hydrogen-bond acceptors (Lipinski definition) is 4. The van der Waals surface area contributed by atoms with Crippen molar-refractivity contribution in [3.05, 3.63) is 51.0 Å². The van der Waals surface area contributed by atoms with Gasteiger partial charge in [0.2, 0.25) is 0 Å². The SMILES string of the molecule is Cc1ccc(-n2c(C)c(CC(=O)O)c(C)nc2=O)c(C)n1. The Morgan fingerprint density at radius 2 is 1.81 bits per heavy atom. The lowest BCUT2D eigenvalue weighted by Gasteiger charge is -2.16. The van der Waals surface area contributed by atoms with Crippen molar-refractivity contribution in [1.82, 2.24) is 14.5 Å². The minimum Gasteiger partial charge on any atom is -0.481 e. The first-order valence-electron chi connectivity index (χ1n) is 6.56. The molecular weight excluding hydrogens is 270 g/mol. The van der Waals surface area contributed by atoms with Crippen LogP contribution in [0.4, 0.5) is 0 Å². The molecule has 6 heteroatoms. The Morgan fingerprint density at radius 1 is 1.14 bits per heavy atom. The standard InChI is InChI=1S/C15H17N3O3/c1-8-5-6-13(10(3)16-8)18-11(4)12(7-14(19)20)9(2)17-15(18)21/h5-6H,7H2,1-4H3,(H,19,20). The summed E-state index contributed by atoms with van der Waals surface area (Å²) in [6.07, 6.45) is -0.163. The van der Waals surface area contributed by atoms with Gasteiger partial charge in [0.25, 0.3) is 0 Å². The van der Waals surface area contributed by atoms with E-state index in [1.807, 2.05) is 19.9 Å². The van der Waals surface area contributed by atoms with E-state index in [2.05, 4.69) is 9.97 Å². The summed E-state index contributed by atoms with van der Waals surface area (Å²) >= 11 is 0. The maximum Gasteiger partial charge on any atom is 0.352 e. The zero-order valence-electron chi connectivity index (χ0n) is 12.5. The van der Waals surface area contributed by atoms with Crippen molar-refractivity contribution in [3.63, 3.8) is 0 Å². The fourth-order valence-corrected chi connectivity index (χ4v) is 2.41. The predicted molar refractivity (Wildman–Crippen MR) is 77.9 cm³/mol. The largest absolute Gasteiger partial charge is 0.481 e. The van der Waals surface area contributed by atoms with E-state index in [0.717, 1.165) is 5.69 Å². The molecule has 0 atom stereocenters. The lowest BCUT2D eigenvalue weighted by Crippen LogP contribution is -2.28. The molecule has 0 bridgehead atoms. The summed E-state index contributed by atoms with van der Waals surface area (Å²) in [7, 11) is 0. The highest BCUT2D eigenvalue weighted by molar-refractivity contribution is 5.71. The highest BCUT2D eigenvalue weighted by Gasteiger charge is 2.16. The average Bonchev–Trinajstić information content (AvgIpc) is 2.36. The summed E-state index contributed by atoms with van der Waals surface area (Å²) in [5.74, 6) is -0.952. The molecule has 2 aromatic rings. The van der Waals surface area contributed by atoms with E-state index < -0.39 is 11.7 Å². The number of nitrogens with zero attached hydrogens (tertiary/aromatic N) is 3. The van der Waals surface area contributed by atoms with Gasteiger partial charge in [0, 0.05) is 22.6 Å². The molecule has 110 valence electrons. The topological polar surface area (TPSA) is 85.1 Å². The minimum atomic E-state index is -0.952. The van der Waals surface area contributed by atoms with Crippen LogP contribution >= 0.6 is 0 Å². The van der Waals surface area contributed by atoms with Crippen molar-refractivity contribution in [2.45, 2.75) is 34.1 Å². The summed E-state index contributed by atoms with van der Waals surface area (Å²) in [5.41, 5.74) is 3.36. The van der Waals surface area contributed by atoms with E-state index in [9.17, 15) is 9.59 Å². The Bertz CT molecular complexity index is 778. The average molecular weight is 287 g/mol. The lowest BCUT2D eigenvalue weighted by atomic mass is 10.1. The molecule has 0 amide bonds. The van der Waals surface area contributed by atoms with Crippen LogP contribution in [-0.4, -0.2) is 25.6 Å². The quantitative estimate of drug-likeness (QED) is 0.924. The molecule has 0 fully saturated rings. The number of pyridine rings is 1. The molecule has 0 saturated carbocycles. The fourth-order valence-electron chi connectivity index (χ4n) is 2.41. The molecule has 0 saturated heterocycles. The zero-order chi connectivity index (χ0) is 15.7. The summed E-state index contributed by atoms with van der Waals surface area (Å²) < 4.78 is 1.42. The molecule has 0 spiro atoms. The number of rotatable bonds is 3. The van der Waals surface area contributed by atoms with Crippen molar-refractivity contribution < 1.29 is 9.90 Å². The maximum atomic E-state index is 12.2. The minimum absolute atomic E-state index is 0.163. The first kappa shape index (κ1) is 14.9. The van der Waals surface area contributed by atoms with Gasteiger partial charge in [0.15, 0.2) is 0 Å². The normalized spacial score (nSPS) is 10.7. The van der Waals surface area contributed by atoms with E-state index in [1.165, 1.54) is 4.57 Å². The molecular formula is C15H17N3O3. The number of hydrogen-bond donors (Lipinski definition) is 1. The van der Waals surface area contributed by atoms with Crippen LogP contribution in [0.25, 0.3) is 5.69 Å². The maximum absolute atomic E-state index is 12.2. The van der Waals surface area contributed by atoms with Gasteiger partial charge in [-0.25, -0.2) is 4.79 Å². The summed E-state index contributed by atoms with van der Waals surface area (Å²) in [4.78, 5) is 31.5. The first-order valence-corrected chi connectivity index (χ1v) is 6.56. The highest BCUT2D eigenvalue weighted by atomic mass is 16.4. The summed E-state index contributed by atoms with van der Waals surface area (Å²) in [6, 6.07) is 3.61. The second-order valence-electron chi connectivity index (χ2n) is 5.01. The molecule has 21 heavy (non-hydrogen) atoms. The number of aryl methyl sites for hydroxylation is 3. The van der Waals surface area contributed by atoms with E-state index in [0.29, 0.717) is 28.3 Å². The van der Waals surface area contributed by atoms with Crippen LogP contribution in [-0.2, 0) is 11.2 Å². The van der Waals surface area contributed by atoms with Crippen molar-refractivity contribution >= 4 is 5.97 Å². The van der Waals surface area contributed by atoms with Crippen molar-refractivity contribution in [1.29, 1.82) is 0 Å². The predicted octanol–water partition coefficient (Wildman–Crippen LogP) is 1.49. The van der Waals surface area contributed by atoms with Crippen LogP contribution in [0.1, 0.15) is 28.3 Å². The molecule has 2 rings (SSSR count). The van der Waals surface area contributed by atoms with Crippen molar-refractivity contribution in [2.24, 2.45) is 0 Å². The number of aromatic nitrogens is 3. The Labute approximate surface area is 122 Å². The molecule has 0 aromatic carbocycles. The first-order chi connectivity index (χ1) is 9.81. The number of aliphatic carboxylic acids is 1. The second-order valence-corrected chi connectivity index (χ2v) is 5.01. The third-order valence-electron chi connectivity index (χ3n) is 3.43. The van der Waals surface area contributed by atoms with Gasteiger partial charge in [0.05, 0.1) is 17.8 Å². The Morgan fingerprint density at radius 3 is 2.38 bits per heavy atom. The molecule has 0 radical (unpaired) electrons. The molecule has 2 heterocycles. The Balaban J connectivity index is 2.74. The lowest BCUT2D eigenvalue weighted by molar-refractivity contribution is -0.136. The van der Waals surface area contributed by atoms with Gasteiger partial charge in [-0.15, -0.1) is 0 Å². The van der Waals surface area contributed by atoms with Gasteiger partial charge in [-0.05, 0) is 39.8 Å². The molecule has 0 aliphatic rings. The smallest absolute Gasteiger partial charge is 0.352 e. The van der Waals surface area contributed by atoms with Crippen LogP contribution in [0.3, 0.4) is 0 Å². The number of carbonyl (C=O) groups is 1. The number of carboxylic acids is 1. The fraction of sp³-hybridized carbons (Fsp3) is 0.333.